The topological polar surface area (TPSA) is 182 Å². The number of fused-ring (bicyclic) bond motifs is 3. The standard InChI is InChI=1S/C14H16N2O4.C12H13NO2.C11H11NO2.C2H3NO/c1-15-14(19)20-9-5-4-8-16-12(17)10-6-2-3-7-11(10)13(16)18;1-2-3-8-13-11(14)9-6-4-5-7-10(9)12(13)15;1-2-7-12-10(13)8-5-3-4-6-9(8)11(12)14;1-3-2-4/h2-3,6-7H,4-5,8-9H2,1H3,(H,15,19);4-7H,2-3,8H2,1H3;3-6H,2,7H2,1H3;1H3/p+1. The normalized spacial score (nSPS) is 13.4. The minimum absolute atomic E-state index is 0.149. The summed E-state index contributed by atoms with van der Waals surface area (Å²) in [5, 5.41) is 2.34. The largest absolute Gasteiger partial charge is 0.450 e. The van der Waals surface area contributed by atoms with Crippen molar-refractivity contribution in [3.63, 3.8) is 0 Å². The number of amides is 7. The first-order valence-electron chi connectivity index (χ1n) is 17.3. The van der Waals surface area contributed by atoms with Crippen LogP contribution in [0.25, 0.3) is 0 Å². The molecule has 14 heteroatoms. The average Bonchev–Trinajstić information content (AvgIpc) is 3.69. The maximum absolute atomic E-state index is 12.0. The maximum atomic E-state index is 12.0. The second-order valence-electron chi connectivity index (χ2n) is 11.7. The second-order valence-corrected chi connectivity index (χ2v) is 11.7. The van der Waals surface area contributed by atoms with Gasteiger partial charge in [0.25, 0.3) is 35.4 Å². The molecule has 0 spiro atoms. The molecule has 7 amide bonds. The summed E-state index contributed by atoms with van der Waals surface area (Å²) < 4.78 is 4.83. The summed E-state index contributed by atoms with van der Waals surface area (Å²) in [6.45, 7) is 5.63. The Labute approximate surface area is 307 Å². The van der Waals surface area contributed by atoms with E-state index in [1.165, 1.54) is 34.9 Å². The van der Waals surface area contributed by atoms with Gasteiger partial charge in [0.15, 0.2) is 0 Å². The Morgan fingerprint density at radius 1 is 0.585 bits per heavy atom. The highest BCUT2D eigenvalue weighted by atomic mass is 16.5. The number of benzene rings is 3. The van der Waals surface area contributed by atoms with Gasteiger partial charge >= 0.3 is 12.2 Å². The van der Waals surface area contributed by atoms with E-state index in [-0.39, 0.29) is 42.0 Å². The number of hydrogen-bond acceptors (Lipinski definition) is 9. The molecule has 2 N–H and O–H groups in total. The minimum Gasteiger partial charge on any atom is -0.450 e. The van der Waals surface area contributed by atoms with E-state index in [1.54, 1.807) is 72.8 Å². The molecule has 0 atom stereocenters. The molecule has 6 rings (SSSR count). The number of ether oxygens (including phenoxy) is 1. The summed E-state index contributed by atoms with van der Waals surface area (Å²) in [7, 11) is 2.99. The summed E-state index contributed by atoms with van der Waals surface area (Å²) in [5.41, 5.74) is 3.06. The number of carbonyl (C=O) groups is 7. The molecule has 3 heterocycles. The minimum atomic E-state index is -0.481. The zero-order valence-electron chi connectivity index (χ0n) is 30.3. The fourth-order valence-corrected chi connectivity index (χ4v) is 5.48. The fraction of sp³-hybridized carbons (Fsp3) is 0.333. The van der Waals surface area contributed by atoms with Crippen molar-refractivity contribution < 1.29 is 48.1 Å². The van der Waals surface area contributed by atoms with E-state index < -0.39 is 6.09 Å². The Balaban J connectivity index is 0.000000207. The van der Waals surface area contributed by atoms with Crippen molar-refractivity contribution in [2.45, 2.75) is 46.0 Å². The van der Waals surface area contributed by atoms with Gasteiger partial charge in [-0.15, -0.1) is 0 Å². The van der Waals surface area contributed by atoms with Gasteiger partial charge in [-0.1, -0.05) is 56.7 Å². The van der Waals surface area contributed by atoms with Crippen LogP contribution in [0.4, 0.5) is 4.79 Å². The highest BCUT2D eigenvalue weighted by Gasteiger charge is 2.36. The van der Waals surface area contributed by atoms with Gasteiger partial charge in [-0.05, 0) is 62.1 Å². The third-order valence-corrected chi connectivity index (χ3v) is 8.13. The Hall–Kier alpha value is -6.27. The molecule has 3 aliphatic heterocycles. The third-order valence-electron chi connectivity index (χ3n) is 8.13. The van der Waals surface area contributed by atoms with Crippen LogP contribution in [0, 0.1) is 0 Å². The number of imide groups is 3. The van der Waals surface area contributed by atoms with Gasteiger partial charge < -0.3 is 10.1 Å². The monoisotopic (exact) mass is 726 g/mol. The number of hydrogen-bond donors (Lipinski definition) is 2. The number of nitrogens with one attached hydrogen (secondary N) is 2. The van der Waals surface area contributed by atoms with Gasteiger partial charge in [0.1, 0.15) is 7.05 Å². The van der Waals surface area contributed by atoms with E-state index in [2.05, 4.69) is 10.3 Å². The molecule has 53 heavy (non-hydrogen) atoms. The summed E-state index contributed by atoms with van der Waals surface area (Å²) >= 11 is 0. The SMILES string of the molecule is CCCCN1C(=O)c2ccccc2C1=O.CCCN1C(=O)c2ccccc2C1=O.CNC(=O)OCCCCN1C(=O)c2ccccc2C1=O.C[NH+]=C=O. The predicted octanol–water partition coefficient (Wildman–Crippen LogP) is 3.23. The lowest BCUT2D eigenvalue weighted by Crippen LogP contribution is -2.60. The molecule has 0 fully saturated rings. The highest BCUT2D eigenvalue weighted by molar-refractivity contribution is 6.22. The average molecular weight is 727 g/mol. The van der Waals surface area contributed by atoms with Gasteiger partial charge in [-0.25, -0.2) is 4.79 Å². The molecule has 0 aliphatic carbocycles. The first-order chi connectivity index (χ1) is 25.6. The van der Waals surface area contributed by atoms with Gasteiger partial charge in [0.2, 0.25) is 0 Å². The molecule has 0 unspecified atom stereocenters. The van der Waals surface area contributed by atoms with Crippen molar-refractivity contribution in [1.82, 2.24) is 20.0 Å². The third kappa shape index (κ3) is 10.2. The first kappa shape index (κ1) is 41.2. The molecule has 0 radical (unpaired) electrons. The van der Waals surface area contributed by atoms with Crippen molar-refractivity contribution in [2.24, 2.45) is 0 Å². The predicted molar refractivity (Wildman–Crippen MR) is 193 cm³/mol. The maximum Gasteiger partial charge on any atom is 0.422 e. The Bertz CT molecular complexity index is 1780. The molecular weight excluding hydrogens is 682 g/mol. The second kappa shape index (κ2) is 20.5. The smallest absolute Gasteiger partial charge is 0.422 e. The summed E-state index contributed by atoms with van der Waals surface area (Å²) in [6, 6.07) is 20.7. The summed E-state index contributed by atoms with van der Waals surface area (Å²) in [6.07, 6.45) is 4.79. The molecule has 3 aromatic carbocycles. The lowest BCUT2D eigenvalue weighted by atomic mass is 10.1. The van der Waals surface area contributed by atoms with E-state index in [0.717, 1.165) is 19.3 Å². The van der Waals surface area contributed by atoms with E-state index >= 15 is 0 Å². The molecule has 3 aliphatic rings. The van der Waals surface area contributed by atoms with Crippen LogP contribution in [0.2, 0.25) is 0 Å². The van der Waals surface area contributed by atoms with Crippen LogP contribution < -0.4 is 10.3 Å². The van der Waals surface area contributed by atoms with Crippen LogP contribution in [0.5, 0.6) is 0 Å². The Kier molecular flexibility index (Phi) is 16.0. The van der Waals surface area contributed by atoms with Crippen LogP contribution in [0.1, 0.15) is 108 Å². The highest BCUT2D eigenvalue weighted by Crippen LogP contribution is 2.24. The van der Waals surface area contributed by atoms with Crippen molar-refractivity contribution in [3.8, 4) is 0 Å². The van der Waals surface area contributed by atoms with Crippen LogP contribution in [-0.4, -0.2) is 103 Å². The van der Waals surface area contributed by atoms with Gasteiger partial charge in [0, 0.05) is 26.7 Å². The molecule has 0 saturated heterocycles. The molecule has 0 bridgehead atoms. The number of nitrogens with zero attached hydrogens (tertiary/aromatic N) is 3. The number of rotatable bonds is 10. The zero-order chi connectivity index (χ0) is 38.9. The molecular formula is C39H44N5O9+. The van der Waals surface area contributed by atoms with Crippen LogP contribution in [0.15, 0.2) is 72.8 Å². The van der Waals surface area contributed by atoms with E-state index in [9.17, 15) is 33.6 Å². The Morgan fingerprint density at radius 3 is 1.19 bits per heavy atom. The zero-order valence-corrected chi connectivity index (χ0v) is 30.3. The fourth-order valence-electron chi connectivity index (χ4n) is 5.48. The van der Waals surface area contributed by atoms with Crippen LogP contribution >= 0.6 is 0 Å². The molecule has 3 aromatic rings. The van der Waals surface area contributed by atoms with Crippen molar-refractivity contribution in [2.75, 3.05) is 40.3 Å². The van der Waals surface area contributed by atoms with Gasteiger partial charge in [0.05, 0.1) is 40.0 Å². The number of carbonyl (C=O) groups excluding carboxylic acids is 8. The first-order valence-corrected chi connectivity index (χ1v) is 17.3. The number of alkyl carbamates (subject to hydrolysis) is 1. The molecule has 278 valence electrons. The molecule has 0 aromatic heterocycles. The van der Waals surface area contributed by atoms with Crippen molar-refractivity contribution in [3.05, 3.63) is 106 Å². The lowest BCUT2D eigenvalue weighted by molar-refractivity contribution is -0.416. The van der Waals surface area contributed by atoms with Gasteiger partial charge in [-0.3, -0.25) is 43.5 Å². The van der Waals surface area contributed by atoms with Crippen LogP contribution in [-0.2, 0) is 9.53 Å². The lowest BCUT2D eigenvalue weighted by Gasteiger charge is -2.13. The summed E-state index contributed by atoms with van der Waals surface area (Å²) in [4.78, 5) is 96.9. The van der Waals surface area contributed by atoms with Crippen LogP contribution in [0.3, 0.4) is 0 Å². The molecule has 14 nitrogen and oxygen atoms in total. The van der Waals surface area contributed by atoms with E-state index in [1.807, 2.05) is 13.8 Å². The Morgan fingerprint density at radius 2 is 0.906 bits per heavy atom. The van der Waals surface area contributed by atoms with Crippen molar-refractivity contribution >= 4 is 47.6 Å². The number of isocyanates is 1. The van der Waals surface area contributed by atoms with Gasteiger partial charge in [-0.2, -0.15) is 9.79 Å². The van der Waals surface area contributed by atoms with Crippen molar-refractivity contribution in [1.29, 1.82) is 0 Å². The number of unbranched alkanes of at least 4 members (excludes halogenated alkanes) is 2. The van der Waals surface area contributed by atoms with E-state index in [4.69, 9.17) is 9.53 Å². The molecule has 0 saturated carbocycles. The summed E-state index contributed by atoms with van der Waals surface area (Å²) in [5.74, 6) is -1.12. The van der Waals surface area contributed by atoms with E-state index in [0.29, 0.717) is 65.9 Å². The quantitative estimate of drug-likeness (QED) is 0.137.